The number of hydrogen-bond acceptors (Lipinski definition) is 6. The van der Waals surface area contributed by atoms with Crippen molar-refractivity contribution in [3.63, 3.8) is 0 Å². The minimum Gasteiger partial charge on any atom is -0.508 e. The number of nitrogens with two attached hydrogens (primary N) is 1. The molecule has 2 aliphatic heterocycles. The number of unbranched alkanes of at least 4 members (excludes halogenated alkanes) is 7. The van der Waals surface area contributed by atoms with Crippen LogP contribution in [-0.4, -0.2) is 23.2 Å². The summed E-state index contributed by atoms with van der Waals surface area (Å²) in [6, 6.07) is 18.0. The molecular weight excluding hydrogens is 490 g/mol. The first-order valence-electron chi connectivity index (χ1n) is 14.2. The summed E-state index contributed by atoms with van der Waals surface area (Å²) in [5.41, 5.74) is 7.58. The Kier molecular flexibility index (Phi) is 7.85. The van der Waals surface area contributed by atoms with Gasteiger partial charge in [-0.1, -0.05) is 63.1 Å². The molecule has 3 aromatic rings. The summed E-state index contributed by atoms with van der Waals surface area (Å²) in [7, 11) is 0. The monoisotopic (exact) mass is 529 g/mol. The fraction of sp³-hybridized carbons (Fsp3) is 0.424. The summed E-state index contributed by atoms with van der Waals surface area (Å²) in [6.45, 7) is 4.82. The normalized spacial score (nSPS) is 17.3. The Morgan fingerprint density at radius 1 is 0.821 bits per heavy atom. The van der Waals surface area contributed by atoms with Gasteiger partial charge in [0.15, 0.2) is 5.60 Å². The Labute approximate surface area is 231 Å². The highest BCUT2D eigenvalue weighted by molar-refractivity contribution is 5.97. The predicted octanol–water partition coefficient (Wildman–Crippen LogP) is 7.59. The maximum Gasteiger partial charge on any atom is 0.340 e. The van der Waals surface area contributed by atoms with Gasteiger partial charge in [0.05, 0.1) is 12.2 Å². The van der Waals surface area contributed by atoms with E-state index in [1.807, 2.05) is 36.4 Å². The molecule has 2 heterocycles. The number of phenols is 1. The zero-order valence-electron chi connectivity index (χ0n) is 23.0. The maximum atomic E-state index is 12.9. The average Bonchev–Trinajstić information content (AvgIpc) is 3.19. The van der Waals surface area contributed by atoms with Crippen LogP contribution in [0.3, 0.4) is 0 Å². The van der Waals surface area contributed by atoms with E-state index in [-0.39, 0.29) is 17.3 Å². The van der Waals surface area contributed by atoms with E-state index in [0.717, 1.165) is 30.4 Å². The molecule has 1 unspecified atom stereocenters. The highest BCUT2D eigenvalue weighted by Crippen LogP contribution is 2.56. The van der Waals surface area contributed by atoms with Crippen LogP contribution in [0.2, 0.25) is 0 Å². The van der Waals surface area contributed by atoms with Crippen LogP contribution < -0.4 is 15.2 Å². The van der Waals surface area contributed by atoms with Crippen molar-refractivity contribution in [2.75, 3.05) is 6.61 Å². The number of hydrogen-bond donors (Lipinski definition) is 2. The smallest absolute Gasteiger partial charge is 0.340 e. The minimum atomic E-state index is -1.14. The molecule has 3 N–H and O–H groups in total. The lowest BCUT2D eigenvalue weighted by Crippen LogP contribution is -2.32. The molecule has 2 aliphatic rings. The van der Waals surface area contributed by atoms with E-state index in [1.165, 1.54) is 38.5 Å². The van der Waals surface area contributed by atoms with Crippen molar-refractivity contribution in [1.29, 1.82) is 0 Å². The molecule has 0 bridgehead atoms. The third-order valence-electron chi connectivity index (χ3n) is 7.65. The number of carbonyl (C=O) groups is 1. The first kappa shape index (κ1) is 27.1. The zero-order valence-corrected chi connectivity index (χ0v) is 23.0. The molecule has 0 radical (unpaired) electrons. The number of carbonyl (C=O) groups excluding carboxylic acids is 1. The quantitative estimate of drug-likeness (QED) is 0.186. The molecule has 5 rings (SSSR count). The number of aromatic hydroxyl groups is 1. The molecule has 0 amide bonds. The van der Waals surface area contributed by atoms with Gasteiger partial charge in [-0.25, -0.2) is 4.79 Å². The number of ether oxygens (including phenoxy) is 3. The molecule has 6 nitrogen and oxygen atoms in total. The van der Waals surface area contributed by atoms with Crippen molar-refractivity contribution >= 4 is 5.97 Å². The Bertz CT molecular complexity index is 1330. The Morgan fingerprint density at radius 3 is 2.21 bits per heavy atom. The fourth-order valence-electron chi connectivity index (χ4n) is 5.67. The van der Waals surface area contributed by atoms with E-state index in [2.05, 4.69) is 13.8 Å². The molecule has 0 saturated carbocycles. The van der Waals surface area contributed by atoms with Crippen LogP contribution in [0.5, 0.6) is 23.0 Å². The molecule has 39 heavy (non-hydrogen) atoms. The highest BCUT2D eigenvalue weighted by atomic mass is 16.6. The third kappa shape index (κ3) is 5.76. The molecular formula is C33H39NO5. The SMILES string of the molecule is CC(C)(N)CCCCCCCCCCOc1ccc2c(c1)Oc1cc(O)ccc1C21OC(=O)c2ccccc21. The van der Waals surface area contributed by atoms with E-state index >= 15 is 0 Å². The van der Waals surface area contributed by atoms with Crippen LogP contribution in [0, 0.1) is 0 Å². The molecule has 0 aromatic heterocycles. The minimum absolute atomic E-state index is 0.0478. The molecule has 1 atom stereocenters. The van der Waals surface area contributed by atoms with Crippen molar-refractivity contribution < 1.29 is 24.1 Å². The first-order chi connectivity index (χ1) is 18.8. The van der Waals surface area contributed by atoms with E-state index in [1.54, 1.807) is 24.3 Å². The van der Waals surface area contributed by atoms with Crippen LogP contribution in [0.4, 0.5) is 0 Å². The molecule has 0 fully saturated rings. The lowest BCUT2D eigenvalue weighted by atomic mass is 9.77. The van der Waals surface area contributed by atoms with Gasteiger partial charge in [-0.05, 0) is 57.0 Å². The largest absolute Gasteiger partial charge is 0.508 e. The van der Waals surface area contributed by atoms with Crippen LogP contribution in [0.1, 0.15) is 98.7 Å². The first-order valence-corrected chi connectivity index (χ1v) is 14.2. The molecule has 6 heteroatoms. The number of rotatable bonds is 12. The summed E-state index contributed by atoms with van der Waals surface area (Å²) in [6.07, 6.45) is 10.7. The van der Waals surface area contributed by atoms with E-state index in [9.17, 15) is 9.90 Å². The predicted molar refractivity (Wildman–Crippen MR) is 152 cm³/mol. The number of benzene rings is 3. The second-order valence-corrected chi connectivity index (χ2v) is 11.5. The van der Waals surface area contributed by atoms with Crippen molar-refractivity contribution in [3.05, 3.63) is 82.9 Å². The Balaban J connectivity index is 1.20. The van der Waals surface area contributed by atoms with E-state index < -0.39 is 5.60 Å². The van der Waals surface area contributed by atoms with Gasteiger partial charge in [0.1, 0.15) is 23.0 Å². The molecule has 0 saturated heterocycles. The van der Waals surface area contributed by atoms with Gasteiger partial charge in [-0.2, -0.15) is 0 Å². The number of phenolic OH excluding ortho intramolecular Hbond substituents is 1. The van der Waals surface area contributed by atoms with Crippen LogP contribution in [0.15, 0.2) is 60.7 Å². The Hall–Kier alpha value is -3.51. The topological polar surface area (TPSA) is 91.0 Å². The fourth-order valence-corrected chi connectivity index (χ4v) is 5.67. The standard InChI is InChI=1S/C33H39NO5/c1-32(2,34)19-11-7-5-3-4-6-8-12-20-37-24-16-18-28-30(22-24)38-29-21-23(35)15-17-27(29)33(28)26-14-10-9-13-25(26)31(36)39-33/h9-10,13-18,21-22,35H,3-8,11-12,19-20,34H2,1-2H3. The van der Waals surface area contributed by atoms with Crippen molar-refractivity contribution in [3.8, 4) is 23.0 Å². The summed E-state index contributed by atoms with van der Waals surface area (Å²) < 4.78 is 18.4. The van der Waals surface area contributed by atoms with Gasteiger partial charge in [-0.15, -0.1) is 0 Å². The van der Waals surface area contributed by atoms with Gasteiger partial charge in [0.25, 0.3) is 0 Å². The summed E-state index contributed by atoms with van der Waals surface area (Å²) in [5, 5.41) is 10.1. The molecule has 1 spiro atoms. The second kappa shape index (κ2) is 11.3. The summed E-state index contributed by atoms with van der Waals surface area (Å²) >= 11 is 0. The molecule has 206 valence electrons. The molecule has 0 aliphatic carbocycles. The maximum absolute atomic E-state index is 12.9. The Morgan fingerprint density at radius 2 is 1.46 bits per heavy atom. The summed E-state index contributed by atoms with van der Waals surface area (Å²) in [5.74, 6) is 1.41. The van der Waals surface area contributed by atoms with Crippen LogP contribution >= 0.6 is 0 Å². The van der Waals surface area contributed by atoms with E-state index in [4.69, 9.17) is 19.9 Å². The van der Waals surface area contributed by atoms with Gasteiger partial charge in [0, 0.05) is 34.4 Å². The zero-order chi connectivity index (χ0) is 27.5. The third-order valence-corrected chi connectivity index (χ3v) is 7.65. The van der Waals surface area contributed by atoms with Gasteiger partial charge >= 0.3 is 5.97 Å². The van der Waals surface area contributed by atoms with Crippen LogP contribution in [-0.2, 0) is 10.3 Å². The van der Waals surface area contributed by atoms with Crippen molar-refractivity contribution in [2.45, 2.75) is 82.8 Å². The lowest BCUT2D eigenvalue weighted by Gasteiger charge is -2.36. The van der Waals surface area contributed by atoms with Gasteiger partial charge in [0.2, 0.25) is 0 Å². The van der Waals surface area contributed by atoms with Gasteiger partial charge < -0.3 is 25.1 Å². The second-order valence-electron chi connectivity index (χ2n) is 11.5. The summed E-state index contributed by atoms with van der Waals surface area (Å²) in [4.78, 5) is 12.9. The molecule has 3 aromatic carbocycles. The number of fused-ring (bicyclic) bond motifs is 6. The van der Waals surface area contributed by atoms with Crippen molar-refractivity contribution in [1.82, 2.24) is 0 Å². The van der Waals surface area contributed by atoms with Gasteiger partial charge in [-0.3, -0.25) is 0 Å². The van der Waals surface area contributed by atoms with E-state index in [0.29, 0.717) is 35.0 Å². The lowest BCUT2D eigenvalue weighted by molar-refractivity contribution is 0.0224. The average molecular weight is 530 g/mol. The number of esters is 1. The van der Waals surface area contributed by atoms with Crippen LogP contribution in [0.25, 0.3) is 0 Å². The van der Waals surface area contributed by atoms with Crippen molar-refractivity contribution in [2.24, 2.45) is 5.73 Å². The highest BCUT2D eigenvalue weighted by Gasteiger charge is 2.53.